The molecule has 0 saturated heterocycles. The number of rotatable bonds is 4. The Morgan fingerprint density at radius 3 is 2.73 bits per heavy atom. The molecule has 22 heavy (non-hydrogen) atoms. The maximum atomic E-state index is 12.1. The first-order valence-electron chi connectivity index (χ1n) is 7.27. The predicted octanol–water partition coefficient (Wildman–Crippen LogP) is 2.60. The summed E-state index contributed by atoms with van der Waals surface area (Å²) in [7, 11) is 0. The molecule has 1 aliphatic rings. The van der Waals surface area contributed by atoms with Gasteiger partial charge in [0.25, 0.3) is 5.91 Å². The van der Waals surface area contributed by atoms with Crippen LogP contribution in [0.25, 0.3) is 11.3 Å². The van der Waals surface area contributed by atoms with Gasteiger partial charge in [0.15, 0.2) is 0 Å². The molecule has 2 amide bonds. The molecule has 1 heterocycles. The van der Waals surface area contributed by atoms with Gasteiger partial charge in [-0.15, -0.1) is 0 Å². The Hall–Kier alpha value is -2.69. The maximum absolute atomic E-state index is 12.1. The van der Waals surface area contributed by atoms with Crippen LogP contribution in [0.3, 0.4) is 0 Å². The van der Waals surface area contributed by atoms with E-state index in [0.717, 1.165) is 18.4 Å². The van der Waals surface area contributed by atoms with Crippen molar-refractivity contribution in [3.05, 3.63) is 48.2 Å². The van der Waals surface area contributed by atoms with Crippen molar-refractivity contribution >= 4 is 17.5 Å². The summed E-state index contributed by atoms with van der Waals surface area (Å²) >= 11 is 0. The lowest BCUT2D eigenvalue weighted by molar-refractivity contribution is -0.114. The molecule has 5 nitrogen and oxygen atoms in total. The zero-order chi connectivity index (χ0) is 15.5. The van der Waals surface area contributed by atoms with E-state index in [-0.39, 0.29) is 11.8 Å². The summed E-state index contributed by atoms with van der Waals surface area (Å²) in [6.45, 7) is 1.47. The van der Waals surface area contributed by atoms with Crippen molar-refractivity contribution in [1.29, 1.82) is 0 Å². The summed E-state index contributed by atoms with van der Waals surface area (Å²) in [6.07, 6.45) is 3.74. The smallest absolute Gasteiger partial charge is 0.251 e. The molecule has 0 aliphatic heterocycles. The quantitative estimate of drug-likeness (QED) is 0.910. The second-order valence-electron chi connectivity index (χ2n) is 5.44. The number of anilines is 1. The first kappa shape index (κ1) is 14.3. The molecule has 112 valence electrons. The zero-order valence-corrected chi connectivity index (χ0v) is 12.3. The Bertz CT molecular complexity index is 723. The third kappa shape index (κ3) is 3.49. The van der Waals surface area contributed by atoms with Gasteiger partial charge in [0.2, 0.25) is 5.91 Å². The molecular weight excluding hydrogens is 278 g/mol. The van der Waals surface area contributed by atoms with E-state index in [1.807, 2.05) is 24.3 Å². The number of carbonyl (C=O) groups excluding carboxylic acids is 2. The van der Waals surface area contributed by atoms with Crippen LogP contribution in [-0.2, 0) is 4.79 Å². The fourth-order valence-electron chi connectivity index (χ4n) is 2.19. The highest BCUT2D eigenvalue weighted by atomic mass is 16.2. The lowest BCUT2D eigenvalue weighted by atomic mass is 10.1. The SMILES string of the molecule is CC(=O)Nc1cccc(-c2cc(C(=O)NC3CC3)ccn2)c1. The average Bonchev–Trinajstić information content (AvgIpc) is 3.31. The van der Waals surface area contributed by atoms with E-state index in [1.165, 1.54) is 6.92 Å². The largest absolute Gasteiger partial charge is 0.349 e. The van der Waals surface area contributed by atoms with Crippen LogP contribution in [0, 0.1) is 0 Å². The number of pyridine rings is 1. The number of nitrogens with one attached hydrogen (secondary N) is 2. The third-order valence-electron chi connectivity index (χ3n) is 3.41. The maximum Gasteiger partial charge on any atom is 0.251 e. The number of nitrogens with zero attached hydrogens (tertiary/aromatic N) is 1. The van der Waals surface area contributed by atoms with Crippen LogP contribution in [0.5, 0.6) is 0 Å². The summed E-state index contributed by atoms with van der Waals surface area (Å²) < 4.78 is 0. The fourth-order valence-corrected chi connectivity index (χ4v) is 2.19. The molecule has 1 aromatic heterocycles. The summed E-state index contributed by atoms with van der Waals surface area (Å²) in [5.41, 5.74) is 2.87. The molecule has 0 atom stereocenters. The van der Waals surface area contributed by atoms with E-state index < -0.39 is 0 Å². The Balaban J connectivity index is 1.84. The standard InChI is InChI=1S/C17H17N3O2/c1-11(21)19-15-4-2-3-12(9-15)16-10-13(7-8-18-16)17(22)20-14-5-6-14/h2-4,7-10,14H,5-6H2,1H3,(H,19,21)(H,20,22). The zero-order valence-electron chi connectivity index (χ0n) is 12.3. The van der Waals surface area contributed by atoms with Gasteiger partial charge >= 0.3 is 0 Å². The molecule has 2 N–H and O–H groups in total. The van der Waals surface area contributed by atoms with E-state index in [2.05, 4.69) is 15.6 Å². The van der Waals surface area contributed by atoms with Crippen molar-refractivity contribution in [2.45, 2.75) is 25.8 Å². The molecular formula is C17H17N3O2. The lowest BCUT2D eigenvalue weighted by Gasteiger charge is -2.07. The van der Waals surface area contributed by atoms with Crippen LogP contribution in [-0.4, -0.2) is 22.8 Å². The molecule has 0 bridgehead atoms. The first-order valence-corrected chi connectivity index (χ1v) is 7.27. The predicted molar refractivity (Wildman–Crippen MR) is 84.5 cm³/mol. The molecule has 0 radical (unpaired) electrons. The molecule has 3 rings (SSSR count). The van der Waals surface area contributed by atoms with Crippen LogP contribution in [0.15, 0.2) is 42.6 Å². The van der Waals surface area contributed by atoms with Gasteiger partial charge in [-0.1, -0.05) is 12.1 Å². The van der Waals surface area contributed by atoms with Crippen LogP contribution >= 0.6 is 0 Å². The van der Waals surface area contributed by atoms with Gasteiger partial charge in [0.1, 0.15) is 0 Å². The second kappa shape index (κ2) is 5.97. The highest BCUT2D eigenvalue weighted by Gasteiger charge is 2.23. The summed E-state index contributed by atoms with van der Waals surface area (Å²) in [4.78, 5) is 27.5. The van der Waals surface area contributed by atoms with E-state index in [0.29, 0.717) is 23.0 Å². The Labute approximate surface area is 128 Å². The van der Waals surface area contributed by atoms with Crippen molar-refractivity contribution in [2.75, 3.05) is 5.32 Å². The number of amides is 2. The van der Waals surface area contributed by atoms with Gasteiger partial charge in [-0.25, -0.2) is 0 Å². The van der Waals surface area contributed by atoms with Crippen molar-refractivity contribution in [1.82, 2.24) is 10.3 Å². The van der Waals surface area contributed by atoms with Crippen LogP contribution in [0.2, 0.25) is 0 Å². The molecule has 1 fully saturated rings. The molecule has 2 aromatic rings. The highest BCUT2D eigenvalue weighted by molar-refractivity contribution is 5.95. The van der Waals surface area contributed by atoms with E-state index in [4.69, 9.17) is 0 Å². The van der Waals surface area contributed by atoms with Gasteiger partial charge in [0.05, 0.1) is 5.69 Å². The normalized spacial score (nSPS) is 13.5. The monoisotopic (exact) mass is 295 g/mol. The van der Waals surface area contributed by atoms with E-state index in [9.17, 15) is 9.59 Å². The van der Waals surface area contributed by atoms with E-state index >= 15 is 0 Å². The minimum absolute atomic E-state index is 0.0656. The molecule has 5 heteroatoms. The number of benzene rings is 1. The van der Waals surface area contributed by atoms with Gasteiger partial charge in [0, 0.05) is 36.0 Å². The lowest BCUT2D eigenvalue weighted by Crippen LogP contribution is -2.25. The van der Waals surface area contributed by atoms with Gasteiger partial charge in [-0.2, -0.15) is 0 Å². The molecule has 1 aliphatic carbocycles. The minimum atomic E-state index is -0.123. The van der Waals surface area contributed by atoms with Crippen molar-refractivity contribution < 1.29 is 9.59 Å². The molecule has 1 saturated carbocycles. The summed E-state index contributed by atoms with van der Waals surface area (Å²) in [5, 5.41) is 5.70. The fraction of sp³-hybridized carbons (Fsp3) is 0.235. The topological polar surface area (TPSA) is 71.1 Å². The third-order valence-corrected chi connectivity index (χ3v) is 3.41. The number of hydrogen-bond acceptors (Lipinski definition) is 3. The van der Waals surface area contributed by atoms with Crippen LogP contribution in [0.4, 0.5) is 5.69 Å². The molecule has 1 aromatic carbocycles. The number of aromatic nitrogens is 1. The minimum Gasteiger partial charge on any atom is -0.349 e. The Morgan fingerprint density at radius 2 is 2.00 bits per heavy atom. The van der Waals surface area contributed by atoms with Crippen molar-refractivity contribution in [2.24, 2.45) is 0 Å². The Kier molecular flexibility index (Phi) is 3.87. The summed E-state index contributed by atoms with van der Waals surface area (Å²) in [6, 6.07) is 11.2. The molecule has 0 spiro atoms. The number of hydrogen-bond donors (Lipinski definition) is 2. The summed E-state index contributed by atoms with van der Waals surface area (Å²) in [5.74, 6) is -0.188. The second-order valence-corrected chi connectivity index (χ2v) is 5.44. The van der Waals surface area contributed by atoms with Crippen LogP contribution < -0.4 is 10.6 Å². The van der Waals surface area contributed by atoms with Crippen molar-refractivity contribution in [3.8, 4) is 11.3 Å². The number of carbonyl (C=O) groups is 2. The van der Waals surface area contributed by atoms with Gasteiger partial charge in [-0.3, -0.25) is 14.6 Å². The van der Waals surface area contributed by atoms with Gasteiger partial charge in [-0.05, 0) is 37.1 Å². The first-order chi connectivity index (χ1) is 10.6. The van der Waals surface area contributed by atoms with Crippen molar-refractivity contribution in [3.63, 3.8) is 0 Å². The van der Waals surface area contributed by atoms with Crippen LogP contribution in [0.1, 0.15) is 30.1 Å². The Morgan fingerprint density at radius 1 is 1.18 bits per heavy atom. The average molecular weight is 295 g/mol. The highest BCUT2D eigenvalue weighted by Crippen LogP contribution is 2.23. The van der Waals surface area contributed by atoms with E-state index in [1.54, 1.807) is 18.3 Å². The molecule has 0 unspecified atom stereocenters. The van der Waals surface area contributed by atoms with Gasteiger partial charge < -0.3 is 10.6 Å².